The Labute approximate surface area is 186 Å². The zero-order chi connectivity index (χ0) is 22.3. The number of aromatic nitrogens is 1. The van der Waals surface area contributed by atoms with Gasteiger partial charge in [-0.1, -0.05) is 23.7 Å². The molecule has 0 saturated heterocycles. The lowest BCUT2D eigenvalue weighted by Gasteiger charge is -2.10. The van der Waals surface area contributed by atoms with Crippen LogP contribution in [0.2, 0.25) is 5.02 Å². The van der Waals surface area contributed by atoms with Gasteiger partial charge in [0.25, 0.3) is 0 Å². The molecule has 1 aromatic heterocycles. The first-order valence-electron chi connectivity index (χ1n) is 9.44. The average molecular weight is 472 g/mol. The fourth-order valence-corrected chi connectivity index (χ4v) is 3.80. The Morgan fingerprint density at radius 1 is 1.03 bits per heavy atom. The summed E-state index contributed by atoms with van der Waals surface area (Å²) >= 11 is 7.33. The van der Waals surface area contributed by atoms with Crippen molar-refractivity contribution in [1.82, 2.24) is 4.57 Å². The van der Waals surface area contributed by atoms with Crippen molar-refractivity contribution >= 4 is 28.6 Å². The summed E-state index contributed by atoms with van der Waals surface area (Å²) in [5, 5.41) is 2.63. The minimum Gasteiger partial charge on any atom is -0.406 e. The Morgan fingerprint density at radius 2 is 1.74 bits per heavy atom. The number of benzene rings is 2. The van der Waals surface area contributed by atoms with Crippen molar-refractivity contribution in [3.05, 3.63) is 75.0 Å². The normalized spacial score (nSPS) is 12.4. The molecule has 0 fully saturated rings. The second kappa shape index (κ2) is 10.8. The van der Waals surface area contributed by atoms with Gasteiger partial charge in [-0.25, -0.2) is 4.99 Å². The van der Waals surface area contributed by atoms with Crippen molar-refractivity contribution in [3.8, 4) is 5.75 Å². The fourth-order valence-electron chi connectivity index (χ4n) is 2.74. The maximum absolute atomic E-state index is 12.3. The Bertz CT molecular complexity index is 1030. The largest absolute Gasteiger partial charge is 0.573 e. The number of hydrogen-bond donors (Lipinski definition) is 1. The summed E-state index contributed by atoms with van der Waals surface area (Å²) in [6.45, 7) is 2.01. The molecule has 0 aliphatic carbocycles. The summed E-state index contributed by atoms with van der Waals surface area (Å²) in [5.74, 6) is -0.287. The topological polar surface area (TPSA) is 61.8 Å². The van der Waals surface area contributed by atoms with Crippen LogP contribution in [0.4, 0.5) is 18.9 Å². The van der Waals surface area contributed by atoms with Crippen LogP contribution in [0.1, 0.15) is 17.7 Å². The SMILES string of the molecule is NCCCn1c(COCc2ccc(Cl)cc2)csc1=Nc1ccc(OC(F)(F)F)cc1. The highest BCUT2D eigenvalue weighted by Crippen LogP contribution is 2.24. The molecule has 5 nitrogen and oxygen atoms in total. The lowest BCUT2D eigenvalue weighted by Crippen LogP contribution is -2.20. The first-order valence-corrected chi connectivity index (χ1v) is 10.7. The molecule has 0 bridgehead atoms. The van der Waals surface area contributed by atoms with Crippen molar-refractivity contribution < 1.29 is 22.6 Å². The van der Waals surface area contributed by atoms with Crippen molar-refractivity contribution in [2.75, 3.05) is 6.54 Å². The fraction of sp³-hybridized carbons (Fsp3) is 0.286. The number of hydrogen-bond acceptors (Lipinski definition) is 5. The van der Waals surface area contributed by atoms with Crippen molar-refractivity contribution in [2.45, 2.75) is 32.5 Å². The molecule has 166 valence electrons. The predicted octanol–water partition coefficient (Wildman–Crippen LogP) is 5.40. The molecule has 0 aliphatic heterocycles. The molecule has 1 heterocycles. The van der Waals surface area contributed by atoms with E-state index in [4.69, 9.17) is 22.1 Å². The van der Waals surface area contributed by atoms with Gasteiger partial charge in [-0.05, 0) is 54.9 Å². The zero-order valence-corrected chi connectivity index (χ0v) is 18.0. The molecular formula is C21H21ClF3N3O2S. The van der Waals surface area contributed by atoms with Crippen molar-refractivity contribution in [1.29, 1.82) is 0 Å². The van der Waals surface area contributed by atoms with E-state index >= 15 is 0 Å². The summed E-state index contributed by atoms with van der Waals surface area (Å²) in [6.07, 6.45) is -3.97. The maximum Gasteiger partial charge on any atom is 0.573 e. The molecule has 10 heteroatoms. The number of alkyl halides is 3. The van der Waals surface area contributed by atoms with E-state index in [9.17, 15) is 13.2 Å². The van der Waals surface area contributed by atoms with Gasteiger partial charge < -0.3 is 19.8 Å². The molecule has 3 rings (SSSR count). The minimum atomic E-state index is -4.72. The summed E-state index contributed by atoms with van der Waals surface area (Å²) in [6, 6.07) is 12.9. The monoisotopic (exact) mass is 471 g/mol. The van der Waals surface area contributed by atoms with Gasteiger partial charge in [0.2, 0.25) is 0 Å². The Balaban J connectivity index is 1.73. The number of nitrogens with zero attached hydrogens (tertiary/aromatic N) is 2. The predicted molar refractivity (Wildman–Crippen MR) is 114 cm³/mol. The molecule has 0 unspecified atom stereocenters. The third-order valence-electron chi connectivity index (χ3n) is 4.19. The van der Waals surface area contributed by atoms with E-state index < -0.39 is 6.36 Å². The van der Waals surface area contributed by atoms with E-state index in [2.05, 4.69) is 9.73 Å². The second-order valence-electron chi connectivity index (χ2n) is 6.58. The van der Waals surface area contributed by atoms with Crippen LogP contribution in [0.15, 0.2) is 58.9 Å². The number of thiazole rings is 1. The van der Waals surface area contributed by atoms with Gasteiger partial charge in [-0.15, -0.1) is 24.5 Å². The van der Waals surface area contributed by atoms with Gasteiger partial charge in [-0.3, -0.25) is 0 Å². The van der Waals surface area contributed by atoms with Gasteiger partial charge in [0.1, 0.15) is 5.75 Å². The summed E-state index contributed by atoms with van der Waals surface area (Å²) in [7, 11) is 0. The van der Waals surface area contributed by atoms with Gasteiger partial charge in [-0.2, -0.15) is 0 Å². The smallest absolute Gasteiger partial charge is 0.406 e. The highest BCUT2D eigenvalue weighted by molar-refractivity contribution is 7.07. The molecular weight excluding hydrogens is 451 g/mol. The molecule has 0 saturated carbocycles. The molecule has 0 amide bonds. The van der Waals surface area contributed by atoms with E-state index in [1.807, 2.05) is 34.2 Å². The third-order valence-corrected chi connectivity index (χ3v) is 5.36. The molecule has 2 aromatic carbocycles. The zero-order valence-electron chi connectivity index (χ0n) is 16.4. The summed E-state index contributed by atoms with van der Waals surface area (Å²) in [4.78, 5) is 5.27. The van der Waals surface area contributed by atoms with Crippen LogP contribution in [-0.4, -0.2) is 17.5 Å². The van der Waals surface area contributed by atoms with Gasteiger partial charge in [0.05, 0.1) is 24.6 Å². The van der Waals surface area contributed by atoms with E-state index in [1.165, 1.54) is 35.6 Å². The van der Waals surface area contributed by atoms with Crippen LogP contribution in [0.25, 0.3) is 0 Å². The molecule has 0 aliphatic rings. The highest BCUT2D eigenvalue weighted by Gasteiger charge is 2.30. The third kappa shape index (κ3) is 7.39. The molecule has 0 atom stereocenters. The Kier molecular flexibility index (Phi) is 8.14. The first kappa shape index (κ1) is 23.3. The Morgan fingerprint density at radius 3 is 2.39 bits per heavy atom. The maximum atomic E-state index is 12.3. The van der Waals surface area contributed by atoms with Crippen molar-refractivity contribution in [2.24, 2.45) is 10.7 Å². The highest BCUT2D eigenvalue weighted by atomic mass is 35.5. The lowest BCUT2D eigenvalue weighted by atomic mass is 10.2. The molecule has 31 heavy (non-hydrogen) atoms. The number of halogens is 4. The summed E-state index contributed by atoms with van der Waals surface area (Å²) in [5.41, 5.74) is 8.15. The van der Waals surface area contributed by atoms with Crippen molar-refractivity contribution in [3.63, 3.8) is 0 Å². The van der Waals surface area contributed by atoms with E-state index in [0.29, 0.717) is 41.8 Å². The molecule has 2 N–H and O–H groups in total. The minimum absolute atomic E-state index is 0.287. The van der Waals surface area contributed by atoms with Crippen LogP contribution in [-0.2, 0) is 24.5 Å². The van der Waals surface area contributed by atoms with Gasteiger partial charge in [0.15, 0.2) is 4.80 Å². The first-order chi connectivity index (χ1) is 14.8. The van der Waals surface area contributed by atoms with E-state index in [0.717, 1.165) is 17.7 Å². The number of rotatable bonds is 9. The second-order valence-corrected chi connectivity index (χ2v) is 7.85. The van der Waals surface area contributed by atoms with E-state index in [1.54, 1.807) is 0 Å². The van der Waals surface area contributed by atoms with Crippen LogP contribution < -0.4 is 15.3 Å². The summed E-state index contributed by atoms with van der Waals surface area (Å²) < 4.78 is 48.7. The number of nitrogens with two attached hydrogens (primary N) is 1. The Hall–Kier alpha value is -2.33. The standard InChI is InChI=1S/C21H21ClF3N3O2S/c22-16-4-2-15(3-5-16)12-29-13-18-14-31-20(28(18)11-1-10-26)27-17-6-8-19(9-7-17)30-21(23,24)25/h2-9,14H,1,10-13,26H2. The van der Waals surface area contributed by atoms with Crippen LogP contribution >= 0.6 is 22.9 Å². The molecule has 0 spiro atoms. The van der Waals surface area contributed by atoms with Crippen LogP contribution in [0.3, 0.4) is 0 Å². The molecule has 0 radical (unpaired) electrons. The quantitative estimate of drug-likeness (QED) is 0.454. The average Bonchev–Trinajstić information content (AvgIpc) is 3.09. The van der Waals surface area contributed by atoms with Gasteiger partial charge in [0, 0.05) is 16.9 Å². The van der Waals surface area contributed by atoms with Gasteiger partial charge >= 0.3 is 6.36 Å². The van der Waals surface area contributed by atoms with Crippen LogP contribution in [0.5, 0.6) is 5.75 Å². The van der Waals surface area contributed by atoms with E-state index in [-0.39, 0.29) is 5.75 Å². The van der Waals surface area contributed by atoms with Crippen LogP contribution in [0, 0.1) is 0 Å². The lowest BCUT2D eigenvalue weighted by molar-refractivity contribution is -0.274. The number of ether oxygens (including phenoxy) is 2. The molecule has 3 aromatic rings.